The van der Waals surface area contributed by atoms with Crippen LogP contribution in [0.1, 0.15) is 19.3 Å². The lowest BCUT2D eigenvalue weighted by Gasteiger charge is -2.18. The summed E-state index contributed by atoms with van der Waals surface area (Å²) in [5, 5.41) is 3.39. The van der Waals surface area contributed by atoms with Gasteiger partial charge in [0.2, 0.25) is 0 Å². The first-order valence-corrected chi connectivity index (χ1v) is 6.33. The highest BCUT2D eigenvalue weighted by atomic mass is 28.1. The molecule has 70 valence electrons. The average molecular weight is 191 g/mol. The summed E-state index contributed by atoms with van der Waals surface area (Å²) in [6.07, 6.45) is 14.8. The summed E-state index contributed by atoms with van der Waals surface area (Å²) in [6, 6.07) is 0. The minimum absolute atomic E-state index is 0.819. The molecule has 0 aromatic rings. The van der Waals surface area contributed by atoms with Crippen LogP contribution in [0.4, 0.5) is 0 Å². The molecule has 0 spiro atoms. The quantitative estimate of drug-likeness (QED) is 0.619. The molecule has 2 aliphatic rings. The van der Waals surface area contributed by atoms with E-state index in [2.05, 4.69) is 29.6 Å². The first kappa shape index (κ1) is 8.82. The Kier molecular flexibility index (Phi) is 2.69. The first-order valence-electron chi connectivity index (χ1n) is 5.18. The highest BCUT2D eigenvalue weighted by Gasteiger charge is 2.25. The molecule has 1 saturated carbocycles. The second-order valence-electron chi connectivity index (χ2n) is 4.03. The van der Waals surface area contributed by atoms with Gasteiger partial charge in [-0.2, -0.15) is 0 Å². The molecule has 1 N–H and O–H groups in total. The molecular weight excluding hydrogens is 174 g/mol. The molecule has 2 atom stereocenters. The molecule has 1 aliphatic heterocycles. The van der Waals surface area contributed by atoms with Gasteiger partial charge in [0.05, 0.1) is 0 Å². The minimum atomic E-state index is 0.819. The highest BCUT2D eigenvalue weighted by Crippen LogP contribution is 2.38. The maximum atomic E-state index is 3.39. The first-order chi connectivity index (χ1) is 6.38. The van der Waals surface area contributed by atoms with Gasteiger partial charge >= 0.3 is 0 Å². The van der Waals surface area contributed by atoms with Gasteiger partial charge in [0.15, 0.2) is 0 Å². The van der Waals surface area contributed by atoms with Crippen LogP contribution < -0.4 is 5.32 Å². The van der Waals surface area contributed by atoms with Crippen LogP contribution in [0.15, 0.2) is 36.2 Å². The lowest BCUT2D eigenvalue weighted by Crippen LogP contribution is -2.16. The zero-order valence-corrected chi connectivity index (χ0v) is 10.2. The van der Waals surface area contributed by atoms with Crippen molar-refractivity contribution in [3.63, 3.8) is 0 Å². The van der Waals surface area contributed by atoms with Gasteiger partial charge < -0.3 is 5.32 Å². The predicted molar refractivity (Wildman–Crippen MR) is 60.5 cm³/mol. The summed E-state index contributed by atoms with van der Waals surface area (Å²) >= 11 is 0. The fraction of sp³-hybridized carbons (Fsp3) is 0.455. The zero-order valence-electron chi connectivity index (χ0n) is 8.16. The van der Waals surface area contributed by atoms with Crippen LogP contribution in [-0.4, -0.2) is 10.2 Å². The Morgan fingerprint density at radius 2 is 2.15 bits per heavy atom. The Bertz CT molecular complexity index is 265. The van der Waals surface area contributed by atoms with Gasteiger partial charge in [0, 0.05) is 22.1 Å². The fourth-order valence-electron chi connectivity index (χ4n) is 2.31. The summed E-state index contributed by atoms with van der Waals surface area (Å²) in [5.41, 5.74) is 2.42. The largest absolute Gasteiger partial charge is 0.365 e. The molecule has 1 heterocycles. The van der Waals surface area contributed by atoms with E-state index in [1.165, 1.54) is 35.2 Å². The summed E-state index contributed by atoms with van der Waals surface area (Å²) < 4.78 is 0. The van der Waals surface area contributed by atoms with Crippen molar-refractivity contribution in [3.8, 4) is 0 Å². The number of hydrogen-bond donors (Lipinski definition) is 1. The normalized spacial score (nSPS) is 32.8. The van der Waals surface area contributed by atoms with Crippen molar-refractivity contribution in [2.24, 2.45) is 5.92 Å². The van der Waals surface area contributed by atoms with Crippen LogP contribution in [0.2, 0.25) is 5.54 Å². The zero-order chi connectivity index (χ0) is 9.10. The van der Waals surface area contributed by atoms with E-state index in [9.17, 15) is 0 Å². The fourth-order valence-corrected chi connectivity index (χ4v) is 3.41. The molecule has 0 amide bonds. The van der Waals surface area contributed by atoms with Gasteiger partial charge in [0.25, 0.3) is 0 Å². The minimum Gasteiger partial charge on any atom is -0.365 e. The third-order valence-corrected chi connectivity index (χ3v) is 4.49. The topological polar surface area (TPSA) is 12.0 Å². The molecule has 1 aliphatic carbocycles. The number of hydrogen-bond acceptors (Lipinski definition) is 1. The van der Waals surface area contributed by atoms with Gasteiger partial charge in [-0.25, -0.2) is 0 Å². The molecule has 2 rings (SSSR count). The third-order valence-electron chi connectivity index (χ3n) is 3.11. The predicted octanol–water partition coefficient (Wildman–Crippen LogP) is 1.50. The summed E-state index contributed by atoms with van der Waals surface area (Å²) in [5.74, 6) is 0.819. The van der Waals surface area contributed by atoms with Gasteiger partial charge in [0.1, 0.15) is 0 Å². The van der Waals surface area contributed by atoms with Crippen LogP contribution in [0.3, 0.4) is 0 Å². The van der Waals surface area contributed by atoms with Gasteiger partial charge in [-0.05, 0) is 30.0 Å². The van der Waals surface area contributed by atoms with E-state index in [1.807, 2.05) is 6.20 Å². The van der Waals surface area contributed by atoms with E-state index >= 15 is 0 Å². The number of rotatable bonds is 1. The molecule has 0 saturated heterocycles. The Morgan fingerprint density at radius 1 is 1.23 bits per heavy atom. The second kappa shape index (κ2) is 3.96. The Hall–Kier alpha value is -0.763. The van der Waals surface area contributed by atoms with E-state index in [0.29, 0.717) is 0 Å². The number of allylic oxidation sites excluding steroid dienone is 5. The standard InChI is InChI=1S/C11H17NSi/c13-11-7-4-5-9(11)10-6-2-1-3-8-12-10/h1-3,6,8-9,11-12H,4-5,7H2,13H3. The van der Waals surface area contributed by atoms with Crippen molar-refractivity contribution in [1.29, 1.82) is 0 Å². The van der Waals surface area contributed by atoms with Gasteiger partial charge in [-0.3, -0.25) is 0 Å². The summed E-state index contributed by atoms with van der Waals surface area (Å²) in [4.78, 5) is 0. The molecule has 0 radical (unpaired) electrons. The third kappa shape index (κ3) is 1.94. The molecule has 2 unspecified atom stereocenters. The molecule has 0 aromatic carbocycles. The van der Waals surface area contributed by atoms with Crippen LogP contribution in [0.25, 0.3) is 0 Å². The Labute approximate surface area is 83.0 Å². The maximum Gasteiger partial charge on any atom is 0.0177 e. The molecule has 0 bridgehead atoms. The van der Waals surface area contributed by atoms with Crippen molar-refractivity contribution in [2.45, 2.75) is 24.8 Å². The molecular formula is C11H17NSi. The van der Waals surface area contributed by atoms with E-state index in [0.717, 1.165) is 11.5 Å². The Morgan fingerprint density at radius 3 is 2.92 bits per heavy atom. The van der Waals surface area contributed by atoms with Crippen molar-refractivity contribution < 1.29 is 0 Å². The van der Waals surface area contributed by atoms with E-state index in [-0.39, 0.29) is 0 Å². The molecule has 1 nitrogen and oxygen atoms in total. The smallest absolute Gasteiger partial charge is 0.0177 e. The highest BCUT2D eigenvalue weighted by molar-refractivity contribution is 6.12. The van der Waals surface area contributed by atoms with Crippen LogP contribution in [0.5, 0.6) is 0 Å². The molecule has 0 aromatic heterocycles. The van der Waals surface area contributed by atoms with Crippen LogP contribution in [-0.2, 0) is 0 Å². The average Bonchev–Trinajstić information content (AvgIpc) is 2.43. The van der Waals surface area contributed by atoms with Crippen molar-refractivity contribution in [2.75, 3.05) is 0 Å². The maximum absolute atomic E-state index is 3.39. The summed E-state index contributed by atoms with van der Waals surface area (Å²) in [6.45, 7) is 0. The molecule has 13 heavy (non-hydrogen) atoms. The van der Waals surface area contributed by atoms with Gasteiger partial charge in [-0.15, -0.1) is 0 Å². The number of nitrogens with one attached hydrogen (secondary N) is 1. The van der Waals surface area contributed by atoms with E-state index in [4.69, 9.17) is 0 Å². The SMILES string of the molecule is [SiH3]C1CCCC1C1=CC=CC=CN1. The van der Waals surface area contributed by atoms with Crippen LogP contribution in [0, 0.1) is 5.92 Å². The van der Waals surface area contributed by atoms with Crippen LogP contribution >= 0.6 is 0 Å². The monoisotopic (exact) mass is 191 g/mol. The summed E-state index contributed by atoms with van der Waals surface area (Å²) in [7, 11) is 1.34. The lowest BCUT2D eigenvalue weighted by molar-refractivity contribution is 0.609. The van der Waals surface area contributed by atoms with Crippen molar-refractivity contribution in [3.05, 3.63) is 36.2 Å². The van der Waals surface area contributed by atoms with Crippen molar-refractivity contribution in [1.82, 2.24) is 5.32 Å². The lowest BCUT2D eigenvalue weighted by atomic mass is 10.0. The van der Waals surface area contributed by atoms with Crippen molar-refractivity contribution >= 4 is 10.2 Å². The second-order valence-corrected chi connectivity index (χ2v) is 5.51. The van der Waals surface area contributed by atoms with E-state index in [1.54, 1.807) is 0 Å². The Balaban J connectivity index is 2.11. The molecule has 2 heteroatoms. The van der Waals surface area contributed by atoms with E-state index < -0.39 is 0 Å². The van der Waals surface area contributed by atoms with Gasteiger partial charge in [-0.1, -0.05) is 25.0 Å². The molecule has 1 fully saturated rings.